The van der Waals surface area contributed by atoms with Gasteiger partial charge in [0.2, 0.25) is 0 Å². The van der Waals surface area contributed by atoms with Gasteiger partial charge < -0.3 is 5.11 Å². The monoisotopic (exact) mass is 197 g/mol. The van der Waals surface area contributed by atoms with E-state index in [1.54, 1.807) is 18.5 Å². The molecule has 0 aromatic carbocycles. The number of hydrogen-bond donors (Lipinski definition) is 1. The average Bonchev–Trinajstić information content (AvgIpc) is 2.31. The fourth-order valence-corrected chi connectivity index (χ4v) is 1.21. The lowest BCUT2D eigenvalue weighted by molar-refractivity contribution is 0.471. The van der Waals surface area contributed by atoms with Gasteiger partial charge in [0, 0.05) is 18.0 Å². The normalized spacial score (nSPS) is 9.53. The van der Waals surface area contributed by atoms with Crippen molar-refractivity contribution in [2.45, 2.75) is 0 Å². The first-order valence-electron chi connectivity index (χ1n) is 4.31. The van der Waals surface area contributed by atoms with Crippen LogP contribution in [0.15, 0.2) is 36.8 Å². The van der Waals surface area contributed by atoms with Crippen LogP contribution in [0.5, 0.6) is 5.75 Å². The average molecular weight is 197 g/mol. The van der Waals surface area contributed by atoms with Crippen molar-refractivity contribution in [3.8, 4) is 23.1 Å². The van der Waals surface area contributed by atoms with Gasteiger partial charge in [-0.25, -0.2) is 0 Å². The van der Waals surface area contributed by atoms with Crippen LogP contribution in [0.1, 0.15) is 5.56 Å². The second-order valence-electron chi connectivity index (χ2n) is 2.94. The van der Waals surface area contributed by atoms with E-state index in [-0.39, 0.29) is 11.3 Å². The molecule has 2 heterocycles. The molecule has 0 fully saturated rings. The molecule has 1 N–H and O–H groups in total. The highest BCUT2D eigenvalue weighted by Crippen LogP contribution is 2.21. The minimum absolute atomic E-state index is 0.106. The van der Waals surface area contributed by atoms with Crippen LogP contribution in [-0.2, 0) is 0 Å². The van der Waals surface area contributed by atoms with E-state index < -0.39 is 0 Å². The topological polar surface area (TPSA) is 69.8 Å². The van der Waals surface area contributed by atoms with Gasteiger partial charge in [-0.3, -0.25) is 9.97 Å². The summed E-state index contributed by atoms with van der Waals surface area (Å²) in [4.78, 5) is 7.97. The molecule has 0 aliphatic rings. The minimum Gasteiger partial charge on any atom is -0.505 e. The van der Waals surface area contributed by atoms with Crippen LogP contribution in [0, 0.1) is 11.3 Å². The number of pyridine rings is 2. The Labute approximate surface area is 86.5 Å². The lowest BCUT2D eigenvalue weighted by atomic mass is 10.1. The molecule has 0 aliphatic carbocycles. The molecule has 0 amide bonds. The zero-order valence-corrected chi connectivity index (χ0v) is 7.75. The molecule has 0 radical (unpaired) electrons. The van der Waals surface area contributed by atoms with Crippen LogP contribution in [0.25, 0.3) is 11.3 Å². The Morgan fingerprint density at radius 2 is 2.20 bits per heavy atom. The highest BCUT2D eigenvalue weighted by molar-refractivity contribution is 5.61. The maximum atomic E-state index is 9.28. The Bertz CT molecular complexity index is 517. The maximum absolute atomic E-state index is 9.28. The summed E-state index contributed by atoms with van der Waals surface area (Å²) in [5, 5.41) is 18.0. The van der Waals surface area contributed by atoms with Crippen molar-refractivity contribution in [3.63, 3.8) is 0 Å². The molecule has 0 unspecified atom stereocenters. The number of nitrogens with zero attached hydrogens (tertiary/aromatic N) is 3. The Morgan fingerprint density at radius 3 is 2.87 bits per heavy atom. The summed E-state index contributed by atoms with van der Waals surface area (Å²) in [6, 6.07) is 7.06. The Kier molecular flexibility index (Phi) is 2.30. The second-order valence-corrected chi connectivity index (χ2v) is 2.94. The van der Waals surface area contributed by atoms with Crippen LogP contribution in [0.2, 0.25) is 0 Å². The van der Waals surface area contributed by atoms with E-state index in [1.807, 2.05) is 12.1 Å². The summed E-state index contributed by atoms with van der Waals surface area (Å²) in [6.07, 6.45) is 4.58. The van der Waals surface area contributed by atoms with Crippen molar-refractivity contribution >= 4 is 0 Å². The summed E-state index contributed by atoms with van der Waals surface area (Å²) in [7, 11) is 0. The lowest BCUT2D eigenvalue weighted by Gasteiger charge is -2.01. The van der Waals surface area contributed by atoms with Crippen molar-refractivity contribution in [2.75, 3.05) is 0 Å². The number of hydrogen-bond acceptors (Lipinski definition) is 4. The molecule has 4 nitrogen and oxygen atoms in total. The summed E-state index contributed by atoms with van der Waals surface area (Å²) in [5.74, 6) is -0.106. The molecular weight excluding hydrogens is 190 g/mol. The van der Waals surface area contributed by atoms with Gasteiger partial charge in [-0.1, -0.05) is 0 Å². The molecule has 0 bridgehead atoms. The third-order valence-corrected chi connectivity index (χ3v) is 1.96. The summed E-state index contributed by atoms with van der Waals surface area (Å²) in [6.45, 7) is 0. The molecule has 72 valence electrons. The standard InChI is InChI=1S/C11H7N3O/c12-5-9-4-10(14-7-11(9)15)8-2-1-3-13-6-8/h1-4,6-7,15H. The van der Waals surface area contributed by atoms with Gasteiger partial charge >= 0.3 is 0 Å². The van der Waals surface area contributed by atoms with E-state index in [1.165, 1.54) is 12.3 Å². The molecule has 4 heteroatoms. The van der Waals surface area contributed by atoms with E-state index >= 15 is 0 Å². The van der Waals surface area contributed by atoms with Crippen molar-refractivity contribution in [1.29, 1.82) is 5.26 Å². The van der Waals surface area contributed by atoms with Crippen molar-refractivity contribution in [3.05, 3.63) is 42.4 Å². The van der Waals surface area contributed by atoms with E-state index in [9.17, 15) is 5.11 Å². The zero-order chi connectivity index (χ0) is 10.7. The molecule has 0 spiro atoms. The van der Waals surface area contributed by atoms with Crippen LogP contribution < -0.4 is 0 Å². The van der Waals surface area contributed by atoms with Gasteiger partial charge in [-0.2, -0.15) is 5.26 Å². The Hall–Kier alpha value is -2.41. The van der Waals surface area contributed by atoms with Crippen molar-refractivity contribution in [1.82, 2.24) is 9.97 Å². The molecular formula is C11H7N3O. The molecule has 0 saturated heterocycles. The van der Waals surface area contributed by atoms with Crippen molar-refractivity contribution in [2.24, 2.45) is 0 Å². The van der Waals surface area contributed by atoms with E-state index in [4.69, 9.17) is 5.26 Å². The highest BCUT2D eigenvalue weighted by atomic mass is 16.3. The molecule has 0 atom stereocenters. The summed E-state index contributed by atoms with van der Waals surface area (Å²) in [5.41, 5.74) is 1.65. The fourth-order valence-electron chi connectivity index (χ4n) is 1.21. The zero-order valence-electron chi connectivity index (χ0n) is 7.75. The van der Waals surface area contributed by atoms with Gasteiger partial charge in [0.25, 0.3) is 0 Å². The first-order valence-corrected chi connectivity index (χ1v) is 4.31. The van der Waals surface area contributed by atoms with Crippen LogP contribution in [0.3, 0.4) is 0 Å². The predicted molar refractivity (Wildman–Crippen MR) is 53.8 cm³/mol. The number of aromatic nitrogens is 2. The first kappa shape index (κ1) is 9.16. The first-order chi connectivity index (χ1) is 7.31. The minimum atomic E-state index is -0.106. The molecule has 2 aromatic heterocycles. The summed E-state index contributed by atoms with van der Waals surface area (Å²) >= 11 is 0. The van der Waals surface area contributed by atoms with Crippen LogP contribution in [-0.4, -0.2) is 15.1 Å². The quantitative estimate of drug-likeness (QED) is 0.755. The summed E-state index contributed by atoms with van der Waals surface area (Å²) < 4.78 is 0. The van der Waals surface area contributed by atoms with Gasteiger partial charge in [-0.05, 0) is 18.2 Å². The second kappa shape index (κ2) is 3.76. The third-order valence-electron chi connectivity index (χ3n) is 1.96. The van der Waals surface area contributed by atoms with E-state index in [2.05, 4.69) is 9.97 Å². The largest absolute Gasteiger partial charge is 0.505 e. The van der Waals surface area contributed by atoms with Crippen molar-refractivity contribution < 1.29 is 5.11 Å². The van der Waals surface area contributed by atoms with E-state index in [0.717, 1.165) is 5.56 Å². The smallest absolute Gasteiger partial charge is 0.151 e. The lowest BCUT2D eigenvalue weighted by Crippen LogP contribution is -1.86. The maximum Gasteiger partial charge on any atom is 0.151 e. The van der Waals surface area contributed by atoms with Crippen LogP contribution in [0.4, 0.5) is 0 Å². The molecule has 0 saturated carbocycles. The fraction of sp³-hybridized carbons (Fsp3) is 0. The van der Waals surface area contributed by atoms with Gasteiger partial charge in [0.1, 0.15) is 6.07 Å². The Morgan fingerprint density at radius 1 is 1.33 bits per heavy atom. The third kappa shape index (κ3) is 1.76. The van der Waals surface area contributed by atoms with Crippen LogP contribution >= 0.6 is 0 Å². The Balaban J connectivity index is 2.52. The van der Waals surface area contributed by atoms with Gasteiger partial charge in [0.05, 0.1) is 17.5 Å². The van der Waals surface area contributed by atoms with Gasteiger partial charge in [-0.15, -0.1) is 0 Å². The number of nitriles is 1. The number of rotatable bonds is 1. The van der Waals surface area contributed by atoms with Gasteiger partial charge in [0.15, 0.2) is 5.75 Å². The molecule has 0 aliphatic heterocycles. The highest BCUT2D eigenvalue weighted by Gasteiger charge is 2.04. The van der Waals surface area contributed by atoms with E-state index in [0.29, 0.717) is 5.69 Å². The molecule has 2 rings (SSSR count). The SMILES string of the molecule is N#Cc1cc(-c2cccnc2)ncc1O. The number of aromatic hydroxyl groups is 1. The molecule has 2 aromatic rings. The molecule has 15 heavy (non-hydrogen) atoms. The predicted octanol–water partition coefficient (Wildman–Crippen LogP) is 1.72.